The molecule has 0 radical (unpaired) electrons. The highest BCUT2D eigenvalue weighted by atomic mass is 16.3. The summed E-state index contributed by atoms with van der Waals surface area (Å²) < 4.78 is 6.29. The topological polar surface area (TPSA) is 13.1 Å². The molecule has 1 aliphatic carbocycles. The van der Waals surface area contributed by atoms with E-state index in [4.69, 9.17) is 4.42 Å². The van der Waals surface area contributed by atoms with E-state index in [1.54, 1.807) is 0 Å². The smallest absolute Gasteiger partial charge is 0.136 e. The van der Waals surface area contributed by atoms with Crippen LogP contribution >= 0.6 is 0 Å². The fourth-order valence-corrected chi connectivity index (χ4v) is 5.18. The van der Waals surface area contributed by atoms with Gasteiger partial charge in [-0.15, -0.1) is 0 Å². The Balaban J connectivity index is 1.25. The van der Waals surface area contributed by atoms with Gasteiger partial charge in [0.05, 0.1) is 0 Å². The van der Waals surface area contributed by atoms with Gasteiger partial charge in [0.1, 0.15) is 11.2 Å². The van der Waals surface area contributed by atoms with Crippen LogP contribution in [0.1, 0.15) is 41.2 Å². The molecule has 1 nitrogen and oxygen atoms in total. The summed E-state index contributed by atoms with van der Waals surface area (Å²) in [5.74, 6) is 0. The number of hydrogen-bond acceptors (Lipinski definition) is 1. The first kappa shape index (κ1) is 21.4. The van der Waals surface area contributed by atoms with Crippen LogP contribution in [-0.2, 0) is 12.8 Å². The molecule has 0 fully saturated rings. The number of aryl methyl sites for hydroxylation is 1. The highest BCUT2D eigenvalue weighted by Gasteiger charge is 2.15. The van der Waals surface area contributed by atoms with Crippen LogP contribution < -0.4 is 0 Å². The third-order valence-electron chi connectivity index (χ3n) is 7.00. The van der Waals surface area contributed by atoms with Crippen LogP contribution in [0.15, 0.2) is 102 Å². The van der Waals surface area contributed by atoms with E-state index in [9.17, 15) is 0 Å². The van der Waals surface area contributed by atoms with E-state index in [1.807, 2.05) is 0 Å². The normalized spacial score (nSPS) is 13.1. The summed E-state index contributed by atoms with van der Waals surface area (Å²) in [5, 5.41) is 2.50. The standard InChI is InChI=1S/C34H28O/c1-23(2)29-12-5-3-9-26(29)11-7-8-24-14-16-25(17-15-24)28-18-20-31-33(22-28)35-32-21-19-27-10-4-6-13-30(27)34(31)32/h3-5,7,9-12,14-22H,1,6,8,13H2,2H3/b11-7-. The van der Waals surface area contributed by atoms with E-state index >= 15 is 0 Å². The van der Waals surface area contributed by atoms with Gasteiger partial charge in [0.15, 0.2) is 0 Å². The Kier molecular flexibility index (Phi) is 5.47. The fourth-order valence-electron chi connectivity index (χ4n) is 5.18. The quantitative estimate of drug-likeness (QED) is 0.259. The van der Waals surface area contributed by atoms with Gasteiger partial charge in [-0.1, -0.05) is 97.1 Å². The van der Waals surface area contributed by atoms with Crippen molar-refractivity contribution in [3.63, 3.8) is 0 Å². The van der Waals surface area contributed by atoms with E-state index in [0.29, 0.717) is 0 Å². The van der Waals surface area contributed by atoms with Gasteiger partial charge in [0, 0.05) is 10.8 Å². The van der Waals surface area contributed by atoms with Gasteiger partial charge in [-0.3, -0.25) is 0 Å². The molecule has 1 aliphatic rings. The van der Waals surface area contributed by atoms with Crippen LogP contribution in [0.5, 0.6) is 0 Å². The van der Waals surface area contributed by atoms with Crippen LogP contribution in [-0.4, -0.2) is 0 Å². The van der Waals surface area contributed by atoms with Crippen LogP contribution in [0.4, 0.5) is 0 Å². The van der Waals surface area contributed by atoms with Gasteiger partial charge < -0.3 is 4.42 Å². The predicted molar refractivity (Wildman–Crippen MR) is 150 cm³/mol. The number of fused-ring (bicyclic) bond motifs is 5. The second-order valence-corrected chi connectivity index (χ2v) is 9.43. The van der Waals surface area contributed by atoms with Crippen molar-refractivity contribution in [3.05, 3.63) is 125 Å². The lowest BCUT2D eigenvalue weighted by Gasteiger charge is -2.11. The number of rotatable bonds is 5. The number of allylic oxidation sites excluding steroid dienone is 3. The van der Waals surface area contributed by atoms with Gasteiger partial charge in [-0.2, -0.15) is 0 Å². The maximum Gasteiger partial charge on any atom is 0.136 e. The highest BCUT2D eigenvalue weighted by molar-refractivity contribution is 6.08. The summed E-state index contributed by atoms with van der Waals surface area (Å²) in [5.41, 5.74) is 11.9. The second kappa shape index (κ2) is 8.92. The van der Waals surface area contributed by atoms with Crippen molar-refractivity contribution in [1.29, 1.82) is 0 Å². The van der Waals surface area contributed by atoms with E-state index in [0.717, 1.165) is 36.0 Å². The lowest BCUT2D eigenvalue weighted by molar-refractivity contribution is 0.668. The molecule has 0 amide bonds. The average Bonchev–Trinajstić information content (AvgIpc) is 3.28. The SMILES string of the molecule is C=C(C)c1ccccc1/C=C\Cc1ccc(-c2ccc3c(c2)oc2ccc4c(c23)CCC=C4)cc1. The molecule has 170 valence electrons. The molecule has 0 N–H and O–H groups in total. The van der Waals surface area contributed by atoms with E-state index < -0.39 is 0 Å². The minimum absolute atomic E-state index is 0.896. The molecule has 6 rings (SSSR count). The van der Waals surface area contributed by atoms with Gasteiger partial charge in [-0.25, -0.2) is 0 Å². The zero-order valence-electron chi connectivity index (χ0n) is 20.1. The molecule has 0 atom stereocenters. The molecule has 0 bridgehead atoms. The zero-order chi connectivity index (χ0) is 23.8. The molecule has 1 heterocycles. The maximum atomic E-state index is 6.29. The van der Waals surface area contributed by atoms with E-state index in [2.05, 4.69) is 117 Å². The summed E-state index contributed by atoms with van der Waals surface area (Å²) in [6, 6.07) is 28.2. The first-order valence-corrected chi connectivity index (χ1v) is 12.3. The summed E-state index contributed by atoms with van der Waals surface area (Å²) in [6.07, 6.45) is 12.0. The van der Waals surface area contributed by atoms with Gasteiger partial charge in [-0.05, 0) is 83.3 Å². The highest BCUT2D eigenvalue weighted by Crippen LogP contribution is 2.37. The van der Waals surface area contributed by atoms with Crippen molar-refractivity contribution in [1.82, 2.24) is 0 Å². The molecular formula is C34H28O. The lowest BCUT2D eigenvalue weighted by Crippen LogP contribution is -1.94. The third-order valence-corrected chi connectivity index (χ3v) is 7.00. The Morgan fingerprint density at radius 2 is 1.74 bits per heavy atom. The molecule has 35 heavy (non-hydrogen) atoms. The van der Waals surface area contributed by atoms with Crippen molar-refractivity contribution < 1.29 is 4.42 Å². The zero-order valence-corrected chi connectivity index (χ0v) is 20.1. The van der Waals surface area contributed by atoms with Crippen molar-refractivity contribution in [2.24, 2.45) is 0 Å². The molecule has 5 aromatic rings. The molecule has 1 heteroatoms. The molecule has 4 aromatic carbocycles. The molecule has 0 saturated carbocycles. The molecule has 0 aliphatic heterocycles. The second-order valence-electron chi connectivity index (χ2n) is 9.43. The predicted octanol–water partition coefficient (Wildman–Crippen LogP) is 9.50. The van der Waals surface area contributed by atoms with Crippen LogP contribution in [0.2, 0.25) is 0 Å². The summed E-state index contributed by atoms with van der Waals surface area (Å²) in [6.45, 7) is 6.15. The van der Waals surface area contributed by atoms with Crippen LogP contribution in [0.3, 0.4) is 0 Å². The number of furan rings is 1. The first-order valence-electron chi connectivity index (χ1n) is 12.3. The lowest BCUT2D eigenvalue weighted by atomic mass is 9.92. The molecule has 0 saturated heterocycles. The maximum absolute atomic E-state index is 6.29. The van der Waals surface area contributed by atoms with E-state index in [1.165, 1.54) is 49.7 Å². The molecule has 0 spiro atoms. The monoisotopic (exact) mass is 452 g/mol. The first-order chi connectivity index (χ1) is 17.2. The Labute approximate surface area is 206 Å². The minimum Gasteiger partial charge on any atom is -0.456 e. The van der Waals surface area contributed by atoms with Crippen molar-refractivity contribution in [2.45, 2.75) is 26.2 Å². The van der Waals surface area contributed by atoms with Gasteiger partial charge >= 0.3 is 0 Å². The van der Waals surface area contributed by atoms with Gasteiger partial charge in [0.2, 0.25) is 0 Å². The Morgan fingerprint density at radius 1 is 0.914 bits per heavy atom. The Bertz CT molecular complexity index is 1620. The van der Waals surface area contributed by atoms with Crippen LogP contribution in [0, 0.1) is 0 Å². The minimum atomic E-state index is 0.896. The summed E-state index contributed by atoms with van der Waals surface area (Å²) >= 11 is 0. The van der Waals surface area contributed by atoms with Gasteiger partial charge in [0.25, 0.3) is 0 Å². The molecule has 1 aromatic heterocycles. The largest absolute Gasteiger partial charge is 0.456 e. The Morgan fingerprint density at radius 3 is 2.60 bits per heavy atom. The van der Waals surface area contributed by atoms with E-state index in [-0.39, 0.29) is 0 Å². The molecule has 0 unspecified atom stereocenters. The van der Waals surface area contributed by atoms with Crippen molar-refractivity contribution in [3.8, 4) is 11.1 Å². The van der Waals surface area contributed by atoms with Crippen LogP contribution in [0.25, 0.3) is 50.8 Å². The average molecular weight is 453 g/mol. The summed E-state index contributed by atoms with van der Waals surface area (Å²) in [4.78, 5) is 0. The summed E-state index contributed by atoms with van der Waals surface area (Å²) in [7, 11) is 0. The van der Waals surface area contributed by atoms with Crippen molar-refractivity contribution >= 4 is 39.7 Å². The molecular weight excluding hydrogens is 424 g/mol. The fraction of sp³-hybridized carbons (Fsp3) is 0.118. The Hall–Kier alpha value is -4.10. The third kappa shape index (κ3) is 4.04. The number of benzene rings is 4. The van der Waals surface area contributed by atoms with Crippen molar-refractivity contribution in [2.75, 3.05) is 0 Å². The number of hydrogen-bond donors (Lipinski definition) is 0.